The molecule has 4 N–H and O–H groups in total. The molecule has 0 amide bonds. The van der Waals surface area contributed by atoms with E-state index in [-0.39, 0.29) is 11.5 Å². The number of nitrogens with two attached hydrogens (primary N) is 1. The molecule has 0 bridgehead atoms. The molecule has 0 spiro atoms. The van der Waals surface area contributed by atoms with Crippen LogP contribution in [-0.2, 0) is 52.0 Å². The number of aromatic nitrogens is 3. The lowest BCUT2D eigenvalue weighted by atomic mass is 9.92. The second-order valence-corrected chi connectivity index (χ2v) is 12.8. The summed E-state index contributed by atoms with van der Waals surface area (Å²) in [6.45, 7) is 10.4. The number of hydrogen-bond acceptors (Lipinski definition) is 15. The fourth-order valence-corrected chi connectivity index (χ4v) is 6.03. The summed E-state index contributed by atoms with van der Waals surface area (Å²) in [6.07, 6.45) is -3.23. The average Bonchev–Trinajstić information content (AvgIpc) is 3.40. The summed E-state index contributed by atoms with van der Waals surface area (Å²) in [5.41, 5.74) is 4.02. The van der Waals surface area contributed by atoms with E-state index in [9.17, 15) is 29.0 Å². The van der Waals surface area contributed by atoms with Crippen LogP contribution in [0.1, 0.15) is 67.2 Å². The largest absolute Gasteiger partial charge is 0.462 e. The van der Waals surface area contributed by atoms with Gasteiger partial charge in [0.25, 0.3) is 0 Å². The first-order valence-electron chi connectivity index (χ1n) is 14.5. The van der Waals surface area contributed by atoms with E-state index in [0.29, 0.717) is 5.52 Å². The van der Waals surface area contributed by atoms with Crippen LogP contribution in [0.5, 0.6) is 0 Å². The molecule has 0 saturated heterocycles. The number of hydrogen-bond donors (Lipinski definition) is 3. The molecule has 0 aliphatic rings. The van der Waals surface area contributed by atoms with Crippen molar-refractivity contribution in [2.24, 2.45) is 0 Å². The first-order chi connectivity index (χ1) is 21.9. The smallest absolute Gasteiger partial charge is 0.342 e. The quantitative estimate of drug-likeness (QED) is 0.122. The van der Waals surface area contributed by atoms with E-state index in [0.717, 1.165) is 27.3 Å². The SMILES string of the molecule is COC(C#N)(COP(=O)(N[C@@H](C)C(=O)OC(C)C)N[C@@H](C)C(=O)OC(C)C)[C@@H](OC(C)=O)[C@@H](OC(C)=O)c1ccc2c(N)ncnn12. The topological polar surface area (TPSA) is 245 Å². The van der Waals surface area contributed by atoms with E-state index < -0.39 is 80.3 Å². The van der Waals surface area contributed by atoms with E-state index in [4.69, 9.17) is 33.9 Å². The van der Waals surface area contributed by atoms with Gasteiger partial charge in [-0.25, -0.2) is 19.7 Å². The summed E-state index contributed by atoms with van der Waals surface area (Å²) in [7, 11) is -3.43. The summed E-state index contributed by atoms with van der Waals surface area (Å²) in [5, 5.41) is 19.7. The Balaban J connectivity index is 2.63. The maximum absolute atomic E-state index is 14.3. The Morgan fingerprint density at radius 1 is 0.957 bits per heavy atom. The van der Waals surface area contributed by atoms with Gasteiger partial charge in [0.2, 0.25) is 5.60 Å². The van der Waals surface area contributed by atoms with Crippen molar-refractivity contribution in [2.45, 2.75) is 97.5 Å². The molecule has 19 heteroatoms. The van der Waals surface area contributed by atoms with Crippen LogP contribution in [0.25, 0.3) is 5.52 Å². The van der Waals surface area contributed by atoms with Crippen LogP contribution in [0.15, 0.2) is 18.5 Å². The van der Waals surface area contributed by atoms with E-state index in [1.165, 1.54) is 30.5 Å². The maximum Gasteiger partial charge on any atom is 0.342 e. The highest BCUT2D eigenvalue weighted by atomic mass is 31.2. The highest BCUT2D eigenvalue weighted by Gasteiger charge is 2.52. The van der Waals surface area contributed by atoms with Crippen LogP contribution in [0, 0.1) is 11.3 Å². The molecule has 2 heterocycles. The summed E-state index contributed by atoms with van der Waals surface area (Å²) in [5.74, 6) is -3.26. The predicted molar refractivity (Wildman–Crippen MR) is 164 cm³/mol. The fourth-order valence-electron chi connectivity index (χ4n) is 4.21. The molecule has 2 rings (SSSR count). The molecule has 47 heavy (non-hydrogen) atoms. The highest BCUT2D eigenvalue weighted by molar-refractivity contribution is 7.54. The van der Waals surface area contributed by atoms with Crippen LogP contribution in [0.3, 0.4) is 0 Å². The van der Waals surface area contributed by atoms with Gasteiger partial charge in [0, 0.05) is 21.0 Å². The van der Waals surface area contributed by atoms with Crippen LogP contribution < -0.4 is 15.9 Å². The molecule has 5 atom stereocenters. The molecular formula is C28H42N7O11P. The van der Waals surface area contributed by atoms with E-state index in [2.05, 4.69) is 20.3 Å². The lowest BCUT2D eigenvalue weighted by molar-refractivity contribution is -0.191. The van der Waals surface area contributed by atoms with Gasteiger partial charge >= 0.3 is 31.5 Å². The third kappa shape index (κ3) is 10.4. The average molecular weight is 684 g/mol. The van der Waals surface area contributed by atoms with Crippen molar-refractivity contribution in [1.82, 2.24) is 24.8 Å². The number of carbonyl (C=O) groups excluding carboxylic acids is 4. The number of fused-ring (bicyclic) bond motifs is 1. The van der Waals surface area contributed by atoms with E-state index >= 15 is 0 Å². The van der Waals surface area contributed by atoms with E-state index in [1.807, 2.05) is 6.07 Å². The lowest BCUT2D eigenvalue weighted by Gasteiger charge is -2.37. The number of ether oxygens (including phenoxy) is 5. The zero-order valence-corrected chi connectivity index (χ0v) is 28.6. The molecule has 0 aromatic carbocycles. The summed E-state index contributed by atoms with van der Waals surface area (Å²) < 4.78 is 48.3. The van der Waals surface area contributed by atoms with Gasteiger partial charge in [0.1, 0.15) is 36.6 Å². The van der Waals surface area contributed by atoms with Crippen molar-refractivity contribution < 1.29 is 52.0 Å². The Morgan fingerprint density at radius 2 is 1.49 bits per heavy atom. The van der Waals surface area contributed by atoms with Gasteiger partial charge in [0.15, 0.2) is 18.0 Å². The number of nitrogens with one attached hydrogen (secondary N) is 2. The maximum atomic E-state index is 14.3. The summed E-state index contributed by atoms with van der Waals surface area (Å²) in [6, 6.07) is 2.35. The number of anilines is 1. The van der Waals surface area contributed by atoms with Crippen LogP contribution in [0.2, 0.25) is 0 Å². The van der Waals surface area contributed by atoms with Crippen molar-refractivity contribution in [3.05, 3.63) is 24.2 Å². The molecule has 0 saturated carbocycles. The number of nitriles is 1. The third-order valence-electron chi connectivity index (χ3n) is 6.28. The van der Waals surface area contributed by atoms with Crippen LogP contribution in [-0.4, -0.2) is 88.2 Å². The highest BCUT2D eigenvalue weighted by Crippen LogP contribution is 2.43. The van der Waals surface area contributed by atoms with Gasteiger partial charge in [-0.2, -0.15) is 10.4 Å². The number of rotatable bonds is 17. The Morgan fingerprint density at radius 3 is 1.94 bits per heavy atom. The Hall–Kier alpha value is -4.14. The standard InChI is InChI=1S/C28H42N7O11P/c1-15(2)43-26(38)17(5)33-47(40,34-18(6)27(39)44-16(3)4)42-13-28(12-29,41-9)24(46-20(8)37)23(45-19(7)36)21-10-11-22-25(30)31-14-32-35(21)22/h10-11,14-18,23-24H,13H2,1-9H3,(H2,30,31,32)(H2,33,34,40)/t17-,18-,23-,24-,28?/m0/s1. The first kappa shape index (κ1) is 39.0. The van der Waals surface area contributed by atoms with Crippen LogP contribution >= 0.6 is 7.67 Å². The minimum atomic E-state index is -4.51. The van der Waals surface area contributed by atoms with Crippen molar-refractivity contribution in [3.8, 4) is 6.07 Å². The minimum absolute atomic E-state index is 0.0757. The number of esters is 4. The fraction of sp³-hybridized carbons (Fsp3) is 0.607. The Kier molecular flexibility index (Phi) is 13.8. The van der Waals surface area contributed by atoms with Gasteiger partial charge in [-0.15, -0.1) is 0 Å². The molecule has 0 fully saturated rings. The lowest BCUT2D eigenvalue weighted by Crippen LogP contribution is -2.53. The van der Waals surface area contributed by atoms with Gasteiger partial charge in [0.05, 0.1) is 17.9 Å². The molecule has 0 aliphatic heterocycles. The zero-order valence-electron chi connectivity index (χ0n) is 27.7. The zero-order chi connectivity index (χ0) is 35.7. The second-order valence-electron chi connectivity index (χ2n) is 11.0. The molecule has 2 aromatic heterocycles. The van der Waals surface area contributed by atoms with Gasteiger partial charge in [-0.3, -0.25) is 23.7 Å². The monoisotopic (exact) mass is 683 g/mol. The Labute approximate surface area is 272 Å². The Bertz CT molecular complexity index is 1490. The molecule has 2 aromatic rings. The first-order valence-corrected chi connectivity index (χ1v) is 16.1. The normalized spacial score (nSPS) is 15.6. The second kappa shape index (κ2) is 16.6. The molecule has 260 valence electrons. The summed E-state index contributed by atoms with van der Waals surface area (Å²) >= 11 is 0. The molecule has 18 nitrogen and oxygen atoms in total. The van der Waals surface area contributed by atoms with Gasteiger partial charge in [-0.1, -0.05) is 0 Å². The van der Waals surface area contributed by atoms with Crippen LogP contribution in [0.4, 0.5) is 5.82 Å². The molecule has 0 aliphatic carbocycles. The third-order valence-corrected chi connectivity index (χ3v) is 8.22. The van der Waals surface area contributed by atoms with Crippen molar-refractivity contribution >= 4 is 42.9 Å². The van der Waals surface area contributed by atoms with Gasteiger partial charge < -0.3 is 33.9 Å². The van der Waals surface area contributed by atoms with Gasteiger partial charge in [-0.05, 0) is 53.7 Å². The van der Waals surface area contributed by atoms with Crippen molar-refractivity contribution in [2.75, 3.05) is 19.5 Å². The van der Waals surface area contributed by atoms with E-state index in [1.54, 1.807) is 27.7 Å². The number of nitrogen functional groups attached to an aromatic ring is 1. The molecule has 0 radical (unpaired) electrons. The van der Waals surface area contributed by atoms with Crippen molar-refractivity contribution in [1.29, 1.82) is 5.26 Å². The minimum Gasteiger partial charge on any atom is -0.462 e. The number of nitrogens with zero attached hydrogens (tertiary/aromatic N) is 4. The van der Waals surface area contributed by atoms with Crippen molar-refractivity contribution in [3.63, 3.8) is 0 Å². The number of methoxy groups -OCH3 is 1. The summed E-state index contributed by atoms with van der Waals surface area (Å²) in [4.78, 5) is 53.9. The molecule has 1 unspecified atom stereocenters. The predicted octanol–water partition coefficient (Wildman–Crippen LogP) is 1.74. The number of carbonyl (C=O) groups is 4. The molecular weight excluding hydrogens is 641 g/mol.